The van der Waals surface area contributed by atoms with Crippen LogP contribution in [0.1, 0.15) is 25.5 Å². The summed E-state index contributed by atoms with van der Waals surface area (Å²) in [6.45, 7) is 3.03. The molecule has 0 fully saturated rings. The first-order chi connectivity index (χ1) is 7.09. The van der Waals surface area contributed by atoms with E-state index in [1.54, 1.807) is 31.2 Å². The Bertz CT molecular complexity index is 290. The Hall–Kier alpha value is -1.39. The van der Waals surface area contributed by atoms with E-state index in [0.717, 1.165) is 12.7 Å². The molecule has 0 saturated carbocycles. The monoisotopic (exact) mass is 212 g/mol. The van der Waals surface area contributed by atoms with Crippen LogP contribution in [0.2, 0.25) is 0 Å². The van der Waals surface area contributed by atoms with Crippen molar-refractivity contribution in [1.82, 2.24) is 0 Å². The van der Waals surface area contributed by atoms with Gasteiger partial charge in [0.25, 0.3) is 0 Å². The Labute approximate surface area is 89.1 Å². The van der Waals surface area contributed by atoms with Gasteiger partial charge in [0.2, 0.25) is 0 Å². The second-order valence-corrected chi connectivity index (χ2v) is 2.84. The molecule has 0 heterocycles. The van der Waals surface area contributed by atoms with Crippen LogP contribution in [0, 0.1) is 0 Å². The van der Waals surface area contributed by atoms with E-state index in [9.17, 15) is 9.90 Å². The molecule has 1 aromatic carbocycles. The standard InChI is InChI=1S/C10H12O3.CH4O/c1-7(11)9-3-5-10(6-4-9)13-8(2)12;1-2/h3-7,11H,1-2H3;2H,1H3. The summed E-state index contributed by atoms with van der Waals surface area (Å²) in [7, 11) is 1.00. The number of hydrogen-bond acceptors (Lipinski definition) is 4. The third kappa shape index (κ3) is 5.15. The van der Waals surface area contributed by atoms with E-state index >= 15 is 0 Å². The summed E-state index contributed by atoms with van der Waals surface area (Å²) in [6.07, 6.45) is -0.494. The molecule has 2 N–H and O–H groups in total. The van der Waals surface area contributed by atoms with E-state index in [0.29, 0.717) is 5.75 Å². The van der Waals surface area contributed by atoms with Crippen LogP contribution in [0.15, 0.2) is 24.3 Å². The highest BCUT2D eigenvalue weighted by Crippen LogP contribution is 2.17. The van der Waals surface area contributed by atoms with Gasteiger partial charge in [0, 0.05) is 14.0 Å². The molecule has 0 aromatic heterocycles. The van der Waals surface area contributed by atoms with Crippen LogP contribution in [0.25, 0.3) is 0 Å². The number of carbonyl (C=O) groups excluding carboxylic acids is 1. The number of hydrogen-bond donors (Lipinski definition) is 2. The maximum absolute atomic E-state index is 10.6. The minimum atomic E-state index is -0.494. The second kappa shape index (κ2) is 6.98. The maximum Gasteiger partial charge on any atom is 0.308 e. The highest BCUT2D eigenvalue weighted by molar-refractivity contribution is 5.69. The summed E-state index contributed by atoms with van der Waals surface area (Å²) in [4.78, 5) is 10.6. The lowest BCUT2D eigenvalue weighted by Gasteiger charge is -2.05. The van der Waals surface area contributed by atoms with Crippen molar-refractivity contribution in [3.05, 3.63) is 29.8 Å². The fraction of sp³-hybridized carbons (Fsp3) is 0.364. The van der Waals surface area contributed by atoms with Crippen molar-refractivity contribution in [2.24, 2.45) is 0 Å². The number of carbonyl (C=O) groups is 1. The van der Waals surface area contributed by atoms with Gasteiger partial charge in [-0.05, 0) is 24.6 Å². The zero-order chi connectivity index (χ0) is 11.8. The Morgan fingerprint density at radius 3 is 2.07 bits per heavy atom. The first kappa shape index (κ1) is 13.6. The topological polar surface area (TPSA) is 66.8 Å². The fourth-order valence-corrected chi connectivity index (χ4v) is 0.980. The zero-order valence-corrected chi connectivity index (χ0v) is 9.10. The lowest BCUT2D eigenvalue weighted by atomic mass is 10.1. The van der Waals surface area contributed by atoms with Gasteiger partial charge in [-0.15, -0.1) is 0 Å². The molecule has 1 rings (SSSR count). The molecule has 1 unspecified atom stereocenters. The molecule has 84 valence electrons. The van der Waals surface area contributed by atoms with Gasteiger partial charge in [-0.2, -0.15) is 0 Å². The minimum absolute atomic E-state index is 0.343. The predicted octanol–water partition coefficient (Wildman–Crippen LogP) is 1.27. The van der Waals surface area contributed by atoms with E-state index in [2.05, 4.69) is 0 Å². The van der Waals surface area contributed by atoms with Gasteiger partial charge in [0.15, 0.2) is 0 Å². The van der Waals surface area contributed by atoms with Crippen LogP contribution in [0.3, 0.4) is 0 Å². The van der Waals surface area contributed by atoms with Crippen molar-refractivity contribution in [3.8, 4) is 5.75 Å². The van der Waals surface area contributed by atoms with Crippen LogP contribution < -0.4 is 4.74 Å². The van der Waals surface area contributed by atoms with E-state index in [1.807, 2.05) is 0 Å². The molecule has 0 radical (unpaired) electrons. The van der Waals surface area contributed by atoms with Crippen LogP contribution in [-0.4, -0.2) is 23.3 Å². The highest BCUT2D eigenvalue weighted by atomic mass is 16.5. The van der Waals surface area contributed by atoms with Crippen LogP contribution in [-0.2, 0) is 4.79 Å². The van der Waals surface area contributed by atoms with Gasteiger partial charge in [-0.3, -0.25) is 4.79 Å². The number of rotatable bonds is 2. The molecule has 1 atom stereocenters. The number of aliphatic hydroxyl groups excluding tert-OH is 2. The molecule has 1 aromatic rings. The van der Waals surface area contributed by atoms with Gasteiger partial charge in [0.1, 0.15) is 5.75 Å². The van der Waals surface area contributed by atoms with Crippen molar-refractivity contribution in [1.29, 1.82) is 0 Å². The van der Waals surface area contributed by atoms with E-state index in [-0.39, 0.29) is 5.97 Å². The second-order valence-electron chi connectivity index (χ2n) is 2.84. The third-order valence-electron chi connectivity index (χ3n) is 1.62. The lowest BCUT2D eigenvalue weighted by molar-refractivity contribution is -0.131. The Kier molecular flexibility index (Phi) is 6.33. The Balaban J connectivity index is 0.000000921. The molecular formula is C11H16O4. The molecule has 0 aliphatic heterocycles. The maximum atomic E-state index is 10.6. The average molecular weight is 212 g/mol. The molecule has 0 aliphatic carbocycles. The Morgan fingerprint density at radius 2 is 1.73 bits per heavy atom. The molecule has 0 bridgehead atoms. The van der Waals surface area contributed by atoms with Crippen molar-refractivity contribution < 1.29 is 19.7 Å². The SMILES string of the molecule is CC(=O)Oc1ccc(C(C)O)cc1.CO. The minimum Gasteiger partial charge on any atom is -0.427 e. The summed E-state index contributed by atoms with van der Waals surface area (Å²) < 4.78 is 4.83. The largest absolute Gasteiger partial charge is 0.427 e. The molecule has 15 heavy (non-hydrogen) atoms. The van der Waals surface area contributed by atoms with Crippen molar-refractivity contribution in [2.45, 2.75) is 20.0 Å². The molecule has 0 aliphatic rings. The number of benzene rings is 1. The van der Waals surface area contributed by atoms with Crippen molar-refractivity contribution in [2.75, 3.05) is 7.11 Å². The van der Waals surface area contributed by atoms with Gasteiger partial charge < -0.3 is 14.9 Å². The predicted molar refractivity (Wildman–Crippen MR) is 56.5 cm³/mol. The van der Waals surface area contributed by atoms with Crippen molar-refractivity contribution >= 4 is 5.97 Å². The number of ether oxygens (including phenoxy) is 1. The average Bonchev–Trinajstić information content (AvgIpc) is 2.20. The van der Waals surface area contributed by atoms with Gasteiger partial charge >= 0.3 is 5.97 Å². The van der Waals surface area contributed by atoms with E-state index < -0.39 is 6.10 Å². The molecule has 0 amide bonds. The van der Waals surface area contributed by atoms with Crippen LogP contribution in [0.4, 0.5) is 0 Å². The third-order valence-corrected chi connectivity index (χ3v) is 1.62. The van der Waals surface area contributed by atoms with Gasteiger partial charge in [0.05, 0.1) is 6.10 Å². The fourth-order valence-electron chi connectivity index (χ4n) is 0.980. The quantitative estimate of drug-likeness (QED) is 0.572. The van der Waals surface area contributed by atoms with E-state index in [1.165, 1.54) is 6.92 Å². The number of esters is 1. The van der Waals surface area contributed by atoms with Gasteiger partial charge in [-0.1, -0.05) is 12.1 Å². The number of aliphatic hydroxyl groups is 2. The van der Waals surface area contributed by atoms with Gasteiger partial charge in [-0.25, -0.2) is 0 Å². The Morgan fingerprint density at radius 1 is 1.27 bits per heavy atom. The molecule has 0 saturated heterocycles. The van der Waals surface area contributed by atoms with Crippen LogP contribution >= 0.6 is 0 Å². The molecule has 4 heteroatoms. The van der Waals surface area contributed by atoms with E-state index in [4.69, 9.17) is 9.84 Å². The lowest BCUT2D eigenvalue weighted by Crippen LogP contribution is -2.01. The van der Waals surface area contributed by atoms with Crippen LogP contribution in [0.5, 0.6) is 5.75 Å². The summed E-state index contributed by atoms with van der Waals surface area (Å²) in [5, 5.41) is 16.2. The summed E-state index contributed by atoms with van der Waals surface area (Å²) in [5.41, 5.74) is 0.802. The zero-order valence-electron chi connectivity index (χ0n) is 9.10. The molecule has 0 spiro atoms. The van der Waals surface area contributed by atoms with Crippen molar-refractivity contribution in [3.63, 3.8) is 0 Å². The summed E-state index contributed by atoms with van der Waals surface area (Å²) in [5.74, 6) is 0.154. The first-order valence-corrected chi connectivity index (χ1v) is 4.51. The molecule has 4 nitrogen and oxygen atoms in total. The smallest absolute Gasteiger partial charge is 0.308 e. The summed E-state index contributed by atoms with van der Waals surface area (Å²) >= 11 is 0. The first-order valence-electron chi connectivity index (χ1n) is 4.51. The highest BCUT2D eigenvalue weighted by Gasteiger charge is 2.01. The normalized spacial score (nSPS) is 11.0. The molecular weight excluding hydrogens is 196 g/mol. The summed E-state index contributed by atoms with van der Waals surface area (Å²) in [6, 6.07) is 6.76.